The molecule has 3 aromatic carbocycles. The number of benzene rings is 3. The van der Waals surface area contributed by atoms with Crippen molar-refractivity contribution in [1.29, 1.82) is 0 Å². The van der Waals surface area contributed by atoms with E-state index in [-0.39, 0.29) is 34.0 Å². The highest BCUT2D eigenvalue weighted by atomic mass is 35.5. The quantitative estimate of drug-likeness (QED) is 0.287. The summed E-state index contributed by atoms with van der Waals surface area (Å²) in [5, 5.41) is 6.67. The molecule has 5 aromatic rings. The van der Waals surface area contributed by atoms with Crippen molar-refractivity contribution in [2.45, 2.75) is 25.4 Å². The third-order valence-corrected chi connectivity index (χ3v) is 7.17. The number of ether oxygens (including phenoxy) is 3. The van der Waals surface area contributed by atoms with Gasteiger partial charge in [-0.2, -0.15) is 0 Å². The van der Waals surface area contributed by atoms with Gasteiger partial charge < -0.3 is 18.7 Å². The fourth-order valence-electron chi connectivity index (χ4n) is 4.85. The van der Waals surface area contributed by atoms with E-state index >= 15 is 0 Å². The molecule has 3 heterocycles. The minimum absolute atomic E-state index is 0.0826. The van der Waals surface area contributed by atoms with E-state index in [0.717, 1.165) is 12.1 Å². The third kappa shape index (κ3) is 4.49. The first-order valence-corrected chi connectivity index (χ1v) is 12.5. The Balaban J connectivity index is 1.52. The summed E-state index contributed by atoms with van der Waals surface area (Å²) in [6.07, 6.45) is -5.92. The Bertz CT molecular complexity index is 1980. The molecule has 0 aliphatic carbocycles. The molecule has 0 unspecified atom stereocenters. The molecule has 1 aliphatic rings. The number of imide groups is 1. The van der Waals surface area contributed by atoms with Crippen LogP contribution in [-0.4, -0.2) is 39.8 Å². The van der Waals surface area contributed by atoms with Crippen molar-refractivity contribution in [3.63, 3.8) is 0 Å². The number of rotatable bonds is 6. The standard InChI is InChI=1S/C27H18ClF3N4O7/c1-26(23(36)32-24(37)41-26)17-9-13(3-7-18(17)28)12-34-20-10-15(40-27(29,30)31)5-8-19(20)35(25(34)38)22-16-6-4-14(39-2)11-21(16)42-33-22/h3-11H,12H2,1-2H3,(H,32,36,37)/t26-/m1/s1. The van der Waals surface area contributed by atoms with E-state index in [0.29, 0.717) is 22.3 Å². The maximum Gasteiger partial charge on any atom is 0.573 e. The lowest BCUT2D eigenvalue weighted by atomic mass is 9.93. The van der Waals surface area contributed by atoms with Crippen LogP contribution in [0.5, 0.6) is 11.5 Å². The van der Waals surface area contributed by atoms with E-state index < -0.39 is 35.4 Å². The van der Waals surface area contributed by atoms with Gasteiger partial charge in [-0.3, -0.25) is 14.7 Å². The molecule has 216 valence electrons. The second-order valence-corrected chi connectivity index (χ2v) is 9.87. The van der Waals surface area contributed by atoms with Gasteiger partial charge in [0.25, 0.3) is 5.91 Å². The number of amides is 2. The normalized spacial score (nSPS) is 17.1. The molecule has 0 spiro atoms. The number of aromatic nitrogens is 3. The second kappa shape index (κ2) is 9.55. The zero-order valence-electron chi connectivity index (χ0n) is 21.6. The number of hydrogen-bond acceptors (Lipinski definition) is 8. The monoisotopic (exact) mass is 602 g/mol. The Labute approximate surface area is 237 Å². The van der Waals surface area contributed by atoms with E-state index in [9.17, 15) is 27.6 Å². The average molecular weight is 603 g/mol. The van der Waals surface area contributed by atoms with Crippen molar-refractivity contribution in [3.8, 4) is 17.3 Å². The van der Waals surface area contributed by atoms with E-state index in [1.807, 2.05) is 0 Å². The molecule has 15 heteroatoms. The Morgan fingerprint density at radius 2 is 1.79 bits per heavy atom. The molecule has 2 aromatic heterocycles. The first-order valence-electron chi connectivity index (χ1n) is 12.2. The largest absolute Gasteiger partial charge is 0.573 e. The summed E-state index contributed by atoms with van der Waals surface area (Å²) in [4.78, 5) is 38.1. The van der Waals surface area contributed by atoms with Crippen LogP contribution in [0.2, 0.25) is 5.02 Å². The maximum absolute atomic E-state index is 13.9. The average Bonchev–Trinajstić information content (AvgIpc) is 3.54. The molecule has 1 atom stereocenters. The SMILES string of the molecule is COc1ccc2c(-n3c(=O)n(Cc4ccc(Cl)c([C@@]5(C)OC(=O)NC5=O)c4)c4cc(OC(F)(F)F)ccc43)noc2c1. The lowest BCUT2D eigenvalue weighted by Crippen LogP contribution is -2.33. The van der Waals surface area contributed by atoms with Gasteiger partial charge in [-0.05, 0) is 48.9 Å². The number of cyclic esters (lactones) is 1. The van der Waals surface area contributed by atoms with E-state index in [4.69, 9.17) is 25.6 Å². The number of nitrogens with zero attached hydrogens (tertiary/aromatic N) is 3. The third-order valence-electron chi connectivity index (χ3n) is 6.84. The molecular formula is C27H18ClF3N4O7. The summed E-state index contributed by atoms with van der Waals surface area (Å²) >= 11 is 6.34. The van der Waals surface area contributed by atoms with Crippen LogP contribution < -0.4 is 20.5 Å². The van der Waals surface area contributed by atoms with Crippen molar-refractivity contribution in [3.05, 3.63) is 81.2 Å². The number of hydrogen-bond donors (Lipinski definition) is 1. The lowest BCUT2D eigenvalue weighted by molar-refractivity contribution is -0.274. The first kappa shape index (κ1) is 27.2. The van der Waals surface area contributed by atoms with E-state index in [2.05, 4.69) is 15.2 Å². The van der Waals surface area contributed by atoms with Gasteiger partial charge in [0.05, 0.1) is 30.1 Å². The van der Waals surface area contributed by atoms with Gasteiger partial charge in [0, 0.05) is 22.7 Å². The number of imidazole rings is 1. The summed E-state index contributed by atoms with van der Waals surface area (Å²) in [6, 6.07) is 12.8. The Morgan fingerprint density at radius 1 is 1.02 bits per heavy atom. The summed E-state index contributed by atoms with van der Waals surface area (Å²) in [6.45, 7) is 1.18. The number of nitrogens with one attached hydrogen (secondary N) is 1. The van der Waals surface area contributed by atoms with Crippen LogP contribution in [0.25, 0.3) is 27.8 Å². The van der Waals surface area contributed by atoms with Crippen LogP contribution >= 0.6 is 11.6 Å². The molecule has 1 saturated heterocycles. The number of alkyl carbamates (subject to hydrolysis) is 1. The highest BCUT2D eigenvalue weighted by Crippen LogP contribution is 2.36. The maximum atomic E-state index is 13.9. The second-order valence-electron chi connectivity index (χ2n) is 9.46. The Kier molecular flexibility index (Phi) is 6.18. The molecule has 1 aliphatic heterocycles. The van der Waals surface area contributed by atoms with Gasteiger partial charge in [-0.1, -0.05) is 22.8 Å². The Hall–Kier alpha value is -4.98. The van der Waals surface area contributed by atoms with Crippen LogP contribution in [0, 0.1) is 0 Å². The molecule has 11 nitrogen and oxygen atoms in total. The number of methoxy groups -OCH3 is 1. The first-order chi connectivity index (χ1) is 19.9. The number of halogens is 4. The van der Waals surface area contributed by atoms with Crippen molar-refractivity contribution < 1.29 is 41.5 Å². The molecule has 0 bridgehead atoms. The van der Waals surface area contributed by atoms with Crippen molar-refractivity contribution in [1.82, 2.24) is 19.6 Å². The van der Waals surface area contributed by atoms with Crippen LogP contribution in [-0.2, 0) is 21.7 Å². The number of alkyl halides is 3. The number of carbonyl (C=O) groups is 2. The van der Waals surface area contributed by atoms with Gasteiger partial charge >= 0.3 is 18.1 Å². The fourth-order valence-corrected chi connectivity index (χ4v) is 5.15. The molecule has 1 fully saturated rings. The fraction of sp³-hybridized carbons (Fsp3) is 0.185. The number of carbonyl (C=O) groups excluding carboxylic acids is 2. The zero-order chi connectivity index (χ0) is 30.0. The summed E-state index contributed by atoms with van der Waals surface area (Å²) in [5.41, 5.74) is -1.21. The van der Waals surface area contributed by atoms with Gasteiger partial charge in [-0.25, -0.2) is 14.2 Å². The summed E-state index contributed by atoms with van der Waals surface area (Å²) in [5.74, 6) is -0.689. The lowest BCUT2D eigenvalue weighted by Gasteiger charge is -2.21. The van der Waals surface area contributed by atoms with Crippen LogP contribution in [0.4, 0.5) is 18.0 Å². The highest BCUT2D eigenvalue weighted by molar-refractivity contribution is 6.32. The van der Waals surface area contributed by atoms with E-state index in [1.54, 1.807) is 24.3 Å². The summed E-state index contributed by atoms with van der Waals surface area (Å²) < 4.78 is 61.5. The van der Waals surface area contributed by atoms with Gasteiger partial charge in [0.1, 0.15) is 11.5 Å². The smallest absolute Gasteiger partial charge is 0.497 e. The molecule has 2 amide bonds. The van der Waals surface area contributed by atoms with Crippen molar-refractivity contribution in [2.24, 2.45) is 0 Å². The Morgan fingerprint density at radius 3 is 2.48 bits per heavy atom. The summed E-state index contributed by atoms with van der Waals surface area (Å²) in [7, 11) is 1.48. The molecule has 0 radical (unpaired) electrons. The molecule has 42 heavy (non-hydrogen) atoms. The van der Waals surface area contributed by atoms with Gasteiger partial charge in [0.2, 0.25) is 5.60 Å². The van der Waals surface area contributed by atoms with Gasteiger partial charge in [-0.15, -0.1) is 13.2 Å². The van der Waals surface area contributed by atoms with E-state index in [1.165, 1.54) is 41.4 Å². The number of fused-ring (bicyclic) bond motifs is 2. The molecule has 1 N–H and O–H groups in total. The zero-order valence-corrected chi connectivity index (χ0v) is 22.4. The molecule has 0 saturated carbocycles. The predicted octanol–water partition coefficient (Wildman–Crippen LogP) is 5.02. The minimum atomic E-state index is -4.97. The topological polar surface area (TPSA) is 127 Å². The van der Waals surface area contributed by atoms with Crippen LogP contribution in [0.3, 0.4) is 0 Å². The molecular weight excluding hydrogens is 585 g/mol. The van der Waals surface area contributed by atoms with Crippen LogP contribution in [0.15, 0.2) is 63.9 Å². The van der Waals surface area contributed by atoms with Gasteiger partial charge in [0.15, 0.2) is 11.4 Å². The predicted molar refractivity (Wildman–Crippen MR) is 141 cm³/mol. The highest BCUT2D eigenvalue weighted by Gasteiger charge is 2.47. The van der Waals surface area contributed by atoms with Crippen molar-refractivity contribution in [2.75, 3.05) is 7.11 Å². The molecule has 6 rings (SSSR count). The minimum Gasteiger partial charge on any atom is -0.497 e. The van der Waals surface area contributed by atoms with Crippen LogP contribution in [0.1, 0.15) is 18.1 Å². The van der Waals surface area contributed by atoms with Crippen molar-refractivity contribution >= 4 is 45.6 Å².